The number of phosphoric acid groups is 1. The van der Waals surface area contributed by atoms with E-state index in [1.807, 2.05) is 51.5 Å². The third-order valence-electron chi connectivity index (χ3n) is 10.2. The lowest BCUT2D eigenvalue weighted by Gasteiger charge is -2.24. The maximum absolute atomic E-state index is 12.7. The number of hydrogen-bond donors (Lipinski definition) is 2. The Morgan fingerprint density at radius 2 is 1.10 bits per heavy atom. The van der Waals surface area contributed by atoms with Crippen LogP contribution in [0.5, 0.6) is 0 Å². The fourth-order valence-corrected chi connectivity index (χ4v) is 7.24. The molecular formula is C46H84N2O10P+. The molecule has 1 unspecified atom stereocenters. The zero-order valence-corrected chi connectivity index (χ0v) is 38.5. The van der Waals surface area contributed by atoms with Crippen LogP contribution in [-0.4, -0.2) is 87.6 Å². The monoisotopic (exact) mass is 856 g/mol. The van der Waals surface area contributed by atoms with Crippen molar-refractivity contribution in [2.24, 2.45) is 0 Å². The number of likely N-dealkylation sites (N-methyl/N-ethyl adjacent to an activating group) is 1. The van der Waals surface area contributed by atoms with Crippen LogP contribution in [0.25, 0.3) is 0 Å². The number of carbonyl (C=O) groups is 3. The Balaban J connectivity index is 2.23. The summed E-state index contributed by atoms with van der Waals surface area (Å²) < 4.78 is 39.5. The van der Waals surface area contributed by atoms with E-state index in [1.165, 1.54) is 77.0 Å². The van der Waals surface area contributed by atoms with E-state index in [0.717, 1.165) is 76.2 Å². The third kappa shape index (κ3) is 37.0. The molecule has 1 amide bonds. The Morgan fingerprint density at radius 1 is 0.627 bits per heavy atom. The van der Waals surface area contributed by atoms with Gasteiger partial charge in [-0.3, -0.25) is 18.6 Å². The molecule has 12 nitrogen and oxygen atoms in total. The first-order valence-corrected chi connectivity index (χ1v) is 24.6. The number of nitrogens with zero attached hydrogens (tertiary/aromatic N) is 1. The zero-order valence-electron chi connectivity index (χ0n) is 37.6. The van der Waals surface area contributed by atoms with Gasteiger partial charge in [-0.05, 0) is 24.8 Å². The van der Waals surface area contributed by atoms with Crippen molar-refractivity contribution in [3.63, 3.8) is 0 Å². The van der Waals surface area contributed by atoms with Gasteiger partial charge in [-0.1, -0.05) is 172 Å². The van der Waals surface area contributed by atoms with Crippen LogP contribution in [0.2, 0.25) is 0 Å². The van der Waals surface area contributed by atoms with Gasteiger partial charge in [0.05, 0.1) is 27.7 Å². The fourth-order valence-electron chi connectivity index (χ4n) is 6.50. The first-order valence-electron chi connectivity index (χ1n) is 23.1. The van der Waals surface area contributed by atoms with E-state index >= 15 is 0 Å². The summed E-state index contributed by atoms with van der Waals surface area (Å²) in [5.41, 5.74) is 0.960. The van der Waals surface area contributed by atoms with Gasteiger partial charge in [0.25, 0.3) is 0 Å². The number of rotatable bonds is 40. The lowest BCUT2D eigenvalue weighted by atomic mass is 10.0. The van der Waals surface area contributed by atoms with E-state index in [1.54, 1.807) is 0 Å². The smallest absolute Gasteiger partial charge is 0.462 e. The van der Waals surface area contributed by atoms with Gasteiger partial charge in [0.2, 0.25) is 0 Å². The van der Waals surface area contributed by atoms with Gasteiger partial charge < -0.3 is 28.9 Å². The summed E-state index contributed by atoms with van der Waals surface area (Å²) in [6.07, 6.45) is 26.6. The number of esters is 2. The molecule has 342 valence electrons. The minimum Gasteiger partial charge on any atom is -0.462 e. The summed E-state index contributed by atoms with van der Waals surface area (Å²) in [4.78, 5) is 47.3. The number of amides is 1. The molecule has 0 saturated heterocycles. The van der Waals surface area contributed by atoms with Crippen molar-refractivity contribution in [1.82, 2.24) is 5.32 Å². The second-order valence-corrected chi connectivity index (χ2v) is 18.5. The number of phosphoric ester groups is 1. The summed E-state index contributed by atoms with van der Waals surface area (Å²) in [6.45, 7) is 2.96. The largest absolute Gasteiger partial charge is 0.472 e. The van der Waals surface area contributed by atoms with Crippen LogP contribution < -0.4 is 5.32 Å². The summed E-state index contributed by atoms with van der Waals surface area (Å²) >= 11 is 0. The van der Waals surface area contributed by atoms with E-state index in [2.05, 4.69) is 12.2 Å². The molecule has 1 rings (SSSR count). The van der Waals surface area contributed by atoms with Gasteiger partial charge in [0.1, 0.15) is 26.4 Å². The Kier molecular flexibility index (Phi) is 33.4. The van der Waals surface area contributed by atoms with E-state index in [0.29, 0.717) is 24.0 Å². The minimum atomic E-state index is -4.40. The van der Waals surface area contributed by atoms with E-state index < -0.39 is 32.6 Å². The molecule has 1 aromatic rings. The number of alkyl carbamates (subject to hydrolysis) is 1. The van der Waals surface area contributed by atoms with Crippen LogP contribution in [0.3, 0.4) is 0 Å². The molecule has 0 radical (unpaired) electrons. The van der Waals surface area contributed by atoms with Crippen LogP contribution in [0.1, 0.15) is 179 Å². The summed E-state index contributed by atoms with van der Waals surface area (Å²) in [6, 6.07) is 9.60. The lowest BCUT2D eigenvalue weighted by molar-refractivity contribution is -0.870. The van der Waals surface area contributed by atoms with Crippen LogP contribution in [0, 0.1) is 0 Å². The van der Waals surface area contributed by atoms with Crippen LogP contribution in [0.15, 0.2) is 30.3 Å². The first-order chi connectivity index (χ1) is 28.4. The average molecular weight is 856 g/mol. The van der Waals surface area contributed by atoms with Crippen LogP contribution >= 0.6 is 7.82 Å². The normalized spacial score (nSPS) is 13.1. The van der Waals surface area contributed by atoms with Gasteiger partial charge in [-0.25, -0.2) is 9.36 Å². The van der Waals surface area contributed by atoms with Gasteiger partial charge in [0.15, 0.2) is 6.10 Å². The van der Waals surface area contributed by atoms with E-state index in [4.69, 9.17) is 23.3 Å². The maximum atomic E-state index is 12.7. The molecule has 2 atom stereocenters. The zero-order chi connectivity index (χ0) is 43.3. The molecule has 0 aliphatic heterocycles. The van der Waals surface area contributed by atoms with Crippen molar-refractivity contribution in [1.29, 1.82) is 0 Å². The summed E-state index contributed by atoms with van der Waals surface area (Å²) in [5.74, 6) is -0.851. The van der Waals surface area contributed by atoms with Crippen molar-refractivity contribution in [3.8, 4) is 0 Å². The number of quaternary nitrogens is 1. The highest BCUT2D eigenvalue weighted by Gasteiger charge is 2.27. The van der Waals surface area contributed by atoms with Crippen molar-refractivity contribution in [3.05, 3.63) is 35.9 Å². The topological polar surface area (TPSA) is 147 Å². The molecule has 59 heavy (non-hydrogen) atoms. The number of unbranched alkanes of at least 4 members (excludes halogenated alkanes) is 22. The van der Waals surface area contributed by atoms with Crippen molar-refractivity contribution in [2.45, 2.75) is 187 Å². The molecular weight excluding hydrogens is 771 g/mol. The molecule has 0 fully saturated rings. The fraction of sp³-hybridized carbons (Fsp3) is 0.804. The maximum Gasteiger partial charge on any atom is 0.472 e. The Labute approximate surface area is 358 Å². The number of benzene rings is 1. The quantitative estimate of drug-likeness (QED) is 0.0215. The predicted molar refractivity (Wildman–Crippen MR) is 236 cm³/mol. The van der Waals surface area contributed by atoms with Crippen molar-refractivity contribution < 1.29 is 51.6 Å². The third-order valence-corrected chi connectivity index (χ3v) is 11.2. The molecule has 0 saturated carbocycles. The lowest BCUT2D eigenvalue weighted by Crippen LogP contribution is -2.37. The molecule has 0 aliphatic rings. The second-order valence-electron chi connectivity index (χ2n) is 17.0. The van der Waals surface area contributed by atoms with E-state index in [-0.39, 0.29) is 38.6 Å². The highest BCUT2D eigenvalue weighted by Crippen LogP contribution is 2.43. The Morgan fingerprint density at radius 3 is 1.61 bits per heavy atom. The van der Waals surface area contributed by atoms with Crippen LogP contribution in [0.4, 0.5) is 4.79 Å². The highest BCUT2D eigenvalue weighted by atomic mass is 31.2. The van der Waals surface area contributed by atoms with Crippen molar-refractivity contribution >= 4 is 25.9 Å². The van der Waals surface area contributed by atoms with Gasteiger partial charge >= 0.3 is 25.9 Å². The van der Waals surface area contributed by atoms with Gasteiger partial charge in [0, 0.05) is 19.4 Å². The number of carbonyl (C=O) groups excluding carboxylic acids is 3. The molecule has 13 heteroatoms. The standard InChI is InChI=1S/C46H83N2O10P/c1-5-6-7-8-9-10-11-12-13-14-15-17-20-23-29-34-44(49)54-40-43(41-57-59(52,53)56-38-37-48(2,3)4)58-45(50)35-30-24-21-18-16-19-22-25-31-36-47-46(51)55-39-42-32-27-26-28-33-42/h26-28,32-33,43H,5-25,29-31,34-41H2,1-4H3,(H-,47,51,52,53)/p+1/t43-/m1/s1. The molecule has 0 spiro atoms. The Bertz CT molecular complexity index is 1230. The molecule has 0 aromatic heterocycles. The number of nitrogens with one attached hydrogen (secondary N) is 1. The number of hydrogen-bond acceptors (Lipinski definition) is 9. The van der Waals surface area contributed by atoms with E-state index in [9.17, 15) is 23.8 Å². The van der Waals surface area contributed by atoms with Crippen molar-refractivity contribution in [2.75, 3.05) is 54.1 Å². The highest BCUT2D eigenvalue weighted by molar-refractivity contribution is 7.47. The predicted octanol–water partition coefficient (Wildman–Crippen LogP) is 11.4. The minimum absolute atomic E-state index is 0.0152. The molecule has 0 bridgehead atoms. The average Bonchev–Trinajstić information content (AvgIpc) is 3.19. The first kappa shape index (κ1) is 54.5. The summed E-state index contributed by atoms with van der Waals surface area (Å²) in [7, 11) is 1.42. The molecule has 0 heterocycles. The van der Waals surface area contributed by atoms with Crippen LogP contribution in [-0.2, 0) is 44.0 Å². The number of ether oxygens (including phenoxy) is 3. The SMILES string of the molecule is CCCCCCCCCCCCCCCCCC(=O)OC[C@H](COP(=O)(O)OCC[N+](C)(C)C)OC(=O)CCCCCCCCCCCNC(=O)OCc1ccccc1. The molecule has 0 aliphatic carbocycles. The second kappa shape index (κ2) is 36.2. The Hall–Kier alpha value is -2.50. The molecule has 1 aromatic carbocycles. The summed E-state index contributed by atoms with van der Waals surface area (Å²) in [5, 5.41) is 2.80. The van der Waals surface area contributed by atoms with Gasteiger partial charge in [-0.15, -0.1) is 0 Å². The van der Waals surface area contributed by atoms with Gasteiger partial charge in [-0.2, -0.15) is 0 Å². The molecule has 2 N–H and O–H groups in total.